The van der Waals surface area contributed by atoms with Crippen molar-refractivity contribution < 1.29 is 19.4 Å². The number of hydrogen-bond donors (Lipinski definition) is 1. The summed E-state index contributed by atoms with van der Waals surface area (Å²) in [5.74, 6) is -1.22. The highest BCUT2D eigenvalue weighted by Crippen LogP contribution is 2.43. The van der Waals surface area contributed by atoms with E-state index in [0.717, 1.165) is 5.56 Å². The van der Waals surface area contributed by atoms with E-state index in [1.54, 1.807) is 37.4 Å². The van der Waals surface area contributed by atoms with Crippen LogP contribution in [0.4, 0.5) is 5.69 Å². The van der Waals surface area contributed by atoms with Crippen molar-refractivity contribution in [1.82, 2.24) is 0 Å². The van der Waals surface area contributed by atoms with E-state index in [9.17, 15) is 14.7 Å². The molecule has 5 nitrogen and oxygen atoms in total. The van der Waals surface area contributed by atoms with Gasteiger partial charge in [-0.1, -0.05) is 68.2 Å². The Morgan fingerprint density at radius 2 is 1.54 bits per heavy atom. The summed E-state index contributed by atoms with van der Waals surface area (Å²) in [6.45, 7) is 6.32. The van der Waals surface area contributed by atoms with E-state index in [-0.39, 0.29) is 21.8 Å². The average Bonchev–Trinajstić information content (AvgIpc) is 3.10. The molecule has 1 heterocycles. The van der Waals surface area contributed by atoms with Crippen LogP contribution in [-0.4, -0.2) is 23.9 Å². The lowest BCUT2D eigenvalue weighted by Gasteiger charge is -2.26. The van der Waals surface area contributed by atoms with Crippen LogP contribution in [0.1, 0.15) is 43.5 Å². The largest absolute Gasteiger partial charge is 0.507 e. The molecular formula is C28H25Cl2NO4. The fourth-order valence-corrected chi connectivity index (χ4v) is 4.42. The molecular weight excluding hydrogens is 485 g/mol. The first-order valence-electron chi connectivity index (χ1n) is 11.0. The Kier molecular flexibility index (Phi) is 6.67. The highest BCUT2D eigenvalue weighted by atomic mass is 35.5. The summed E-state index contributed by atoms with van der Waals surface area (Å²) in [7, 11) is 1.55. The molecule has 0 aromatic heterocycles. The molecule has 3 aromatic carbocycles. The van der Waals surface area contributed by atoms with Crippen LogP contribution in [0.5, 0.6) is 5.75 Å². The first-order valence-corrected chi connectivity index (χ1v) is 11.8. The number of benzene rings is 3. The summed E-state index contributed by atoms with van der Waals surface area (Å²) < 4.78 is 5.23. The summed E-state index contributed by atoms with van der Waals surface area (Å²) in [4.78, 5) is 28.0. The Morgan fingerprint density at radius 1 is 0.914 bits per heavy atom. The molecule has 0 spiro atoms. The highest BCUT2D eigenvalue weighted by Gasteiger charge is 2.47. The van der Waals surface area contributed by atoms with E-state index in [0.29, 0.717) is 27.6 Å². The van der Waals surface area contributed by atoms with Crippen LogP contribution >= 0.6 is 23.2 Å². The Labute approximate surface area is 214 Å². The van der Waals surface area contributed by atoms with Gasteiger partial charge in [-0.3, -0.25) is 14.5 Å². The van der Waals surface area contributed by atoms with Crippen molar-refractivity contribution in [2.75, 3.05) is 12.0 Å². The molecule has 1 amide bonds. The number of carbonyl (C=O) groups is 2. The lowest BCUT2D eigenvalue weighted by Crippen LogP contribution is -2.29. The summed E-state index contributed by atoms with van der Waals surface area (Å²) in [6, 6.07) is 18.3. The molecule has 1 saturated heterocycles. The van der Waals surface area contributed by atoms with Gasteiger partial charge in [0.05, 0.1) is 28.8 Å². The Morgan fingerprint density at radius 3 is 2.09 bits per heavy atom. The molecule has 3 aromatic rings. The van der Waals surface area contributed by atoms with Crippen LogP contribution in [0.3, 0.4) is 0 Å². The number of ether oxygens (including phenoxy) is 1. The van der Waals surface area contributed by atoms with Gasteiger partial charge in [0.1, 0.15) is 11.5 Å². The van der Waals surface area contributed by atoms with E-state index in [4.69, 9.17) is 27.9 Å². The second-order valence-corrected chi connectivity index (χ2v) is 10.2. The second kappa shape index (κ2) is 9.40. The third kappa shape index (κ3) is 4.66. The summed E-state index contributed by atoms with van der Waals surface area (Å²) in [5.41, 5.74) is 2.50. The average molecular weight is 510 g/mol. The van der Waals surface area contributed by atoms with Crippen molar-refractivity contribution in [3.8, 4) is 5.75 Å². The maximum absolute atomic E-state index is 13.3. The minimum absolute atomic E-state index is 0.0206. The molecule has 1 aliphatic rings. The second-order valence-electron chi connectivity index (χ2n) is 9.37. The van der Waals surface area contributed by atoms with Gasteiger partial charge >= 0.3 is 0 Å². The van der Waals surface area contributed by atoms with E-state index >= 15 is 0 Å². The van der Waals surface area contributed by atoms with E-state index < -0.39 is 17.7 Å². The molecule has 1 atom stereocenters. The predicted molar refractivity (Wildman–Crippen MR) is 139 cm³/mol. The van der Waals surface area contributed by atoms with Gasteiger partial charge in [-0.05, 0) is 59.0 Å². The van der Waals surface area contributed by atoms with Crippen molar-refractivity contribution in [3.05, 3.63) is 99.0 Å². The van der Waals surface area contributed by atoms with Gasteiger partial charge in [0.2, 0.25) is 0 Å². The Hall–Kier alpha value is -3.28. The molecule has 0 bridgehead atoms. The number of anilines is 1. The van der Waals surface area contributed by atoms with E-state index in [1.807, 2.05) is 24.3 Å². The van der Waals surface area contributed by atoms with Gasteiger partial charge in [0.15, 0.2) is 0 Å². The molecule has 1 unspecified atom stereocenters. The number of amides is 1. The lowest BCUT2D eigenvalue weighted by molar-refractivity contribution is -0.132. The summed E-state index contributed by atoms with van der Waals surface area (Å²) in [5, 5.41) is 11.8. The topological polar surface area (TPSA) is 66.8 Å². The number of hydrogen-bond acceptors (Lipinski definition) is 4. The lowest BCUT2D eigenvalue weighted by atomic mass is 9.85. The minimum atomic E-state index is -0.841. The minimum Gasteiger partial charge on any atom is -0.507 e. The summed E-state index contributed by atoms with van der Waals surface area (Å²) in [6.07, 6.45) is 0. The van der Waals surface area contributed by atoms with Crippen LogP contribution in [-0.2, 0) is 15.0 Å². The molecule has 4 rings (SSSR count). The molecule has 1 fully saturated rings. The van der Waals surface area contributed by atoms with Gasteiger partial charge < -0.3 is 9.84 Å². The first kappa shape index (κ1) is 24.8. The van der Waals surface area contributed by atoms with Crippen molar-refractivity contribution in [1.29, 1.82) is 0 Å². The number of methoxy groups -OCH3 is 1. The number of aliphatic hydroxyl groups excluding tert-OH is 1. The van der Waals surface area contributed by atoms with Crippen LogP contribution in [0.15, 0.2) is 72.3 Å². The molecule has 35 heavy (non-hydrogen) atoms. The van der Waals surface area contributed by atoms with Crippen molar-refractivity contribution in [2.45, 2.75) is 32.2 Å². The quantitative estimate of drug-likeness (QED) is 0.235. The number of rotatable bonds is 4. The molecule has 0 saturated carbocycles. The number of nitrogens with zero attached hydrogens (tertiary/aromatic N) is 1. The van der Waals surface area contributed by atoms with Crippen LogP contribution in [0, 0.1) is 0 Å². The van der Waals surface area contributed by atoms with Gasteiger partial charge in [0.25, 0.3) is 11.7 Å². The summed E-state index contributed by atoms with van der Waals surface area (Å²) >= 11 is 12.2. The number of aliphatic hydroxyl groups is 1. The van der Waals surface area contributed by atoms with Gasteiger partial charge in [-0.2, -0.15) is 0 Å². The van der Waals surface area contributed by atoms with Gasteiger partial charge in [-0.25, -0.2) is 0 Å². The van der Waals surface area contributed by atoms with Crippen LogP contribution in [0.25, 0.3) is 5.76 Å². The van der Waals surface area contributed by atoms with Crippen LogP contribution in [0.2, 0.25) is 10.0 Å². The predicted octanol–water partition coefficient (Wildman–Crippen LogP) is 6.93. The van der Waals surface area contributed by atoms with Gasteiger partial charge in [0, 0.05) is 11.3 Å². The van der Waals surface area contributed by atoms with Crippen molar-refractivity contribution in [2.24, 2.45) is 0 Å². The maximum atomic E-state index is 13.3. The van der Waals surface area contributed by atoms with E-state index in [2.05, 4.69) is 20.8 Å². The molecule has 0 aliphatic carbocycles. The number of Topliss-reactive ketones (excluding diaryl/α,β-unsaturated/α-hetero) is 1. The third-order valence-electron chi connectivity index (χ3n) is 6.08. The zero-order valence-corrected chi connectivity index (χ0v) is 21.3. The number of carbonyl (C=O) groups excluding carboxylic acids is 2. The van der Waals surface area contributed by atoms with Crippen LogP contribution < -0.4 is 9.64 Å². The smallest absolute Gasteiger partial charge is 0.300 e. The Balaban J connectivity index is 1.92. The van der Waals surface area contributed by atoms with Gasteiger partial charge in [-0.15, -0.1) is 0 Å². The monoisotopic (exact) mass is 509 g/mol. The maximum Gasteiger partial charge on any atom is 0.300 e. The molecule has 180 valence electrons. The van der Waals surface area contributed by atoms with Crippen molar-refractivity contribution in [3.63, 3.8) is 0 Å². The third-order valence-corrected chi connectivity index (χ3v) is 6.82. The molecule has 1 N–H and O–H groups in total. The molecule has 7 heteroatoms. The zero-order chi connectivity index (χ0) is 25.5. The highest BCUT2D eigenvalue weighted by molar-refractivity contribution is 6.51. The molecule has 1 aliphatic heterocycles. The Bertz CT molecular complexity index is 1320. The molecule has 0 radical (unpaired) electrons. The van der Waals surface area contributed by atoms with Crippen molar-refractivity contribution >= 4 is 46.3 Å². The first-order chi connectivity index (χ1) is 16.5. The number of halogens is 2. The number of ketones is 1. The van der Waals surface area contributed by atoms with E-state index in [1.165, 1.54) is 17.0 Å². The normalized spacial score (nSPS) is 17.7. The fourth-order valence-electron chi connectivity index (χ4n) is 4.12. The SMILES string of the molecule is COc1ccc(N2C(=O)C(=O)/C(=C(\O)c3ccc(Cl)c(Cl)c3)C2c2ccc(C(C)(C)C)cc2)cc1. The standard InChI is InChI=1S/C28H25Cl2NO4/c1-28(2,3)18-8-5-16(6-9-18)24-23(25(32)17-7-14-21(29)22(30)15-17)26(33)27(34)31(24)19-10-12-20(35-4)13-11-19/h5-15,24,32H,1-4H3/b25-23-. The zero-order valence-electron chi connectivity index (χ0n) is 19.8. The fraction of sp³-hybridized carbons (Fsp3) is 0.214.